The van der Waals surface area contributed by atoms with Gasteiger partial charge in [-0.1, -0.05) is 12.8 Å². The molecule has 1 heterocycles. The van der Waals surface area contributed by atoms with Crippen LogP contribution in [-0.4, -0.2) is 28.0 Å². The van der Waals surface area contributed by atoms with E-state index in [4.69, 9.17) is 0 Å². The van der Waals surface area contributed by atoms with Gasteiger partial charge in [-0.25, -0.2) is 0 Å². The Morgan fingerprint density at radius 3 is 2.44 bits per heavy atom. The van der Waals surface area contributed by atoms with Crippen molar-refractivity contribution in [1.29, 1.82) is 0 Å². The number of rotatable bonds is 2. The van der Waals surface area contributed by atoms with Gasteiger partial charge in [-0.05, 0) is 12.8 Å². The molecule has 0 spiro atoms. The monoisotopic (exact) mass is 262 g/mol. The van der Waals surface area contributed by atoms with Crippen LogP contribution in [0.3, 0.4) is 0 Å². The molecule has 2 unspecified atom stereocenters. The fourth-order valence-corrected chi connectivity index (χ4v) is 2.71. The van der Waals surface area contributed by atoms with E-state index in [1.165, 1.54) is 0 Å². The molecule has 7 heteroatoms. The zero-order valence-corrected chi connectivity index (χ0v) is 10.5. The third kappa shape index (κ3) is 2.30. The average Bonchev–Trinajstić information content (AvgIpc) is 2.69. The maximum Gasteiger partial charge on any atom is 0.392 e. The molecule has 0 aromatic carbocycles. The maximum atomic E-state index is 13.0. The van der Waals surface area contributed by atoms with Crippen LogP contribution in [0, 0.1) is 5.92 Å². The Labute approximate surface area is 104 Å². The van der Waals surface area contributed by atoms with Crippen LogP contribution in [0.15, 0.2) is 0 Å². The number of anilines is 1. The first-order valence-corrected chi connectivity index (χ1v) is 6.09. The molecular weight excluding hydrogens is 245 g/mol. The summed E-state index contributed by atoms with van der Waals surface area (Å²) >= 11 is 0. The van der Waals surface area contributed by atoms with Crippen LogP contribution >= 0.6 is 0 Å². The molecule has 102 valence electrons. The highest BCUT2D eigenvalue weighted by Crippen LogP contribution is 2.45. The first-order chi connectivity index (χ1) is 8.45. The van der Waals surface area contributed by atoms with Gasteiger partial charge in [0.15, 0.2) is 0 Å². The molecule has 0 aliphatic heterocycles. The Bertz CT molecular complexity index is 413. The molecule has 4 nitrogen and oxygen atoms in total. The molecule has 1 aliphatic rings. The maximum absolute atomic E-state index is 13.0. The number of halogens is 3. The number of alkyl halides is 3. The van der Waals surface area contributed by atoms with Crippen LogP contribution < -0.4 is 5.32 Å². The van der Waals surface area contributed by atoms with Gasteiger partial charge in [0.2, 0.25) is 5.95 Å². The van der Waals surface area contributed by atoms with Crippen molar-refractivity contribution < 1.29 is 13.2 Å². The van der Waals surface area contributed by atoms with Gasteiger partial charge in [0, 0.05) is 20.0 Å². The molecule has 1 aromatic rings. The van der Waals surface area contributed by atoms with Crippen LogP contribution in [-0.2, 0) is 7.05 Å². The summed E-state index contributed by atoms with van der Waals surface area (Å²) in [6, 6.07) is 0. The van der Waals surface area contributed by atoms with E-state index in [9.17, 15) is 13.2 Å². The lowest BCUT2D eigenvalue weighted by molar-refractivity contribution is -0.188. The predicted molar refractivity (Wildman–Crippen MR) is 61.3 cm³/mol. The van der Waals surface area contributed by atoms with Crippen molar-refractivity contribution in [1.82, 2.24) is 14.8 Å². The summed E-state index contributed by atoms with van der Waals surface area (Å²) in [7, 11) is 3.37. The highest BCUT2D eigenvalue weighted by atomic mass is 19.4. The minimum atomic E-state index is -4.16. The molecule has 1 saturated carbocycles. The van der Waals surface area contributed by atoms with Crippen LogP contribution in [0.4, 0.5) is 19.1 Å². The standard InChI is InChI=1S/C11H17F3N4/c1-15-10-17-16-9(18(10)2)7-5-3-4-6-8(7)11(12,13)14/h7-8H,3-6H2,1-2H3,(H,15,17). The Balaban J connectivity index is 2.31. The summed E-state index contributed by atoms with van der Waals surface area (Å²) in [5.74, 6) is -0.935. The number of aromatic nitrogens is 3. The summed E-state index contributed by atoms with van der Waals surface area (Å²) in [6.45, 7) is 0. The Kier molecular flexibility index (Phi) is 3.49. The lowest BCUT2D eigenvalue weighted by Crippen LogP contribution is -2.33. The van der Waals surface area contributed by atoms with Crippen molar-refractivity contribution in [2.75, 3.05) is 12.4 Å². The van der Waals surface area contributed by atoms with Crippen LogP contribution in [0.1, 0.15) is 37.4 Å². The second kappa shape index (κ2) is 4.78. The fraction of sp³-hybridized carbons (Fsp3) is 0.818. The highest BCUT2D eigenvalue weighted by Gasteiger charge is 2.47. The molecule has 1 aliphatic carbocycles. The molecular formula is C11H17F3N4. The number of nitrogens with zero attached hydrogens (tertiary/aromatic N) is 3. The second-order valence-electron chi connectivity index (χ2n) is 4.73. The molecule has 1 N–H and O–H groups in total. The topological polar surface area (TPSA) is 42.7 Å². The van der Waals surface area contributed by atoms with Crippen LogP contribution in [0.25, 0.3) is 0 Å². The van der Waals surface area contributed by atoms with Gasteiger partial charge >= 0.3 is 6.18 Å². The smallest absolute Gasteiger partial charge is 0.357 e. The van der Waals surface area contributed by atoms with Gasteiger partial charge in [0.1, 0.15) is 5.82 Å². The second-order valence-corrected chi connectivity index (χ2v) is 4.73. The van der Waals surface area contributed by atoms with E-state index in [2.05, 4.69) is 15.5 Å². The molecule has 2 atom stereocenters. The van der Waals surface area contributed by atoms with Gasteiger partial charge in [-0.15, -0.1) is 10.2 Å². The summed E-state index contributed by atoms with van der Waals surface area (Å²) in [6.07, 6.45) is -1.98. The van der Waals surface area contributed by atoms with Gasteiger partial charge < -0.3 is 9.88 Å². The zero-order chi connectivity index (χ0) is 13.3. The third-order valence-corrected chi connectivity index (χ3v) is 3.65. The van der Waals surface area contributed by atoms with Gasteiger partial charge in [-0.2, -0.15) is 13.2 Å². The summed E-state index contributed by atoms with van der Waals surface area (Å²) in [5.41, 5.74) is 0. The minimum absolute atomic E-state index is 0.190. The average molecular weight is 262 g/mol. The normalized spacial score (nSPS) is 25.2. The molecule has 0 bridgehead atoms. The quantitative estimate of drug-likeness (QED) is 0.891. The van der Waals surface area contributed by atoms with E-state index < -0.39 is 18.0 Å². The van der Waals surface area contributed by atoms with Gasteiger partial charge in [0.05, 0.1) is 5.92 Å². The highest BCUT2D eigenvalue weighted by molar-refractivity contribution is 5.25. The molecule has 0 radical (unpaired) electrons. The number of hydrogen-bond acceptors (Lipinski definition) is 3. The summed E-state index contributed by atoms with van der Waals surface area (Å²) in [5, 5.41) is 10.6. The van der Waals surface area contributed by atoms with E-state index in [0.29, 0.717) is 24.6 Å². The Morgan fingerprint density at radius 1 is 1.22 bits per heavy atom. The summed E-state index contributed by atoms with van der Waals surface area (Å²) < 4.78 is 40.7. The molecule has 18 heavy (non-hydrogen) atoms. The van der Waals surface area contributed by atoms with E-state index in [-0.39, 0.29) is 6.42 Å². The molecule has 2 rings (SSSR count). The van der Waals surface area contributed by atoms with Crippen molar-refractivity contribution in [2.45, 2.75) is 37.8 Å². The first kappa shape index (κ1) is 13.2. The summed E-state index contributed by atoms with van der Waals surface area (Å²) in [4.78, 5) is 0. The molecule has 0 amide bonds. The number of nitrogens with one attached hydrogen (secondary N) is 1. The lowest BCUT2D eigenvalue weighted by Gasteiger charge is -2.32. The first-order valence-electron chi connectivity index (χ1n) is 6.09. The van der Waals surface area contributed by atoms with Crippen molar-refractivity contribution in [3.63, 3.8) is 0 Å². The zero-order valence-electron chi connectivity index (χ0n) is 10.5. The van der Waals surface area contributed by atoms with E-state index >= 15 is 0 Å². The van der Waals surface area contributed by atoms with Crippen molar-refractivity contribution >= 4 is 5.95 Å². The predicted octanol–water partition coefficient (Wildman–Crippen LogP) is 2.69. The Morgan fingerprint density at radius 2 is 1.89 bits per heavy atom. The van der Waals surface area contributed by atoms with E-state index in [0.717, 1.165) is 6.42 Å². The molecule has 1 aromatic heterocycles. The number of hydrogen-bond donors (Lipinski definition) is 1. The Hall–Kier alpha value is -1.27. The lowest BCUT2D eigenvalue weighted by atomic mass is 9.78. The molecule has 1 fully saturated rings. The fourth-order valence-electron chi connectivity index (χ4n) is 2.71. The third-order valence-electron chi connectivity index (χ3n) is 3.65. The van der Waals surface area contributed by atoms with Crippen LogP contribution in [0.5, 0.6) is 0 Å². The van der Waals surface area contributed by atoms with Crippen molar-refractivity contribution in [2.24, 2.45) is 13.0 Å². The molecule has 0 saturated heterocycles. The van der Waals surface area contributed by atoms with Gasteiger partial charge in [0.25, 0.3) is 0 Å². The minimum Gasteiger partial charge on any atom is -0.357 e. The SMILES string of the molecule is CNc1nnc(C2CCCCC2C(F)(F)F)n1C. The van der Waals surface area contributed by atoms with E-state index in [1.807, 2.05) is 0 Å². The van der Waals surface area contributed by atoms with Crippen LogP contribution in [0.2, 0.25) is 0 Å². The van der Waals surface area contributed by atoms with E-state index in [1.54, 1.807) is 18.7 Å². The largest absolute Gasteiger partial charge is 0.392 e. The van der Waals surface area contributed by atoms with Crippen molar-refractivity contribution in [3.8, 4) is 0 Å². The van der Waals surface area contributed by atoms with Gasteiger partial charge in [-0.3, -0.25) is 0 Å². The van der Waals surface area contributed by atoms with Crippen molar-refractivity contribution in [3.05, 3.63) is 5.82 Å².